The van der Waals surface area contributed by atoms with E-state index in [9.17, 15) is 4.79 Å². The number of carbonyl (C=O) groups is 1. The zero-order valence-corrected chi connectivity index (χ0v) is 11.9. The summed E-state index contributed by atoms with van der Waals surface area (Å²) in [5, 5.41) is 0.598. The summed E-state index contributed by atoms with van der Waals surface area (Å²) in [7, 11) is 3.38. The van der Waals surface area contributed by atoms with E-state index in [0.29, 0.717) is 10.8 Å². The van der Waals surface area contributed by atoms with Gasteiger partial charge in [0.1, 0.15) is 5.75 Å². The highest BCUT2D eigenvalue weighted by atomic mass is 35.5. The second-order valence-corrected chi connectivity index (χ2v) is 4.90. The molecule has 0 fully saturated rings. The van der Waals surface area contributed by atoms with Crippen LogP contribution < -0.4 is 10.5 Å². The number of amides is 1. The third-order valence-electron chi connectivity index (χ3n) is 2.55. The molecule has 5 heteroatoms. The van der Waals surface area contributed by atoms with Crippen LogP contribution >= 0.6 is 11.6 Å². The van der Waals surface area contributed by atoms with Crippen LogP contribution in [0.25, 0.3) is 0 Å². The number of hydrogen-bond donors (Lipinski definition) is 1. The fraction of sp³-hybridized carbons (Fsp3) is 0.462. The van der Waals surface area contributed by atoms with Crippen molar-refractivity contribution in [3.8, 4) is 5.75 Å². The highest BCUT2D eigenvalue weighted by Gasteiger charge is 2.19. The molecule has 0 spiro atoms. The number of rotatable bonds is 4. The Kier molecular flexibility index (Phi) is 4.99. The van der Waals surface area contributed by atoms with E-state index in [2.05, 4.69) is 0 Å². The molecule has 0 aliphatic carbocycles. The first-order chi connectivity index (χ1) is 8.32. The lowest BCUT2D eigenvalue weighted by Gasteiger charge is -2.21. The van der Waals surface area contributed by atoms with Gasteiger partial charge in [-0.05, 0) is 32.0 Å². The summed E-state index contributed by atoms with van der Waals surface area (Å²) in [6.07, 6.45) is -0.557. The molecule has 0 aromatic heterocycles. The molecule has 0 saturated carbocycles. The number of hydrogen-bond acceptors (Lipinski definition) is 3. The molecule has 0 heterocycles. The van der Waals surface area contributed by atoms with E-state index >= 15 is 0 Å². The fourth-order valence-corrected chi connectivity index (χ4v) is 1.77. The largest absolute Gasteiger partial charge is 0.481 e. The minimum Gasteiger partial charge on any atom is -0.481 e. The number of likely N-dealkylation sites (N-methyl/N-ethyl adjacent to an activating group) is 1. The van der Waals surface area contributed by atoms with Gasteiger partial charge in [-0.25, -0.2) is 0 Å². The van der Waals surface area contributed by atoms with Crippen molar-refractivity contribution in [2.75, 3.05) is 14.1 Å². The molecule has 1 rings (SSSR count). The van der Waals surface area contributed by atoms with Gasteiger partial charge in [0.05, 0.1) is 0 Å². The summed E-state index contributed by atoms with van der Waals surface area (Å²) >= 11 is 5.92. The van der Waals surface area contributed by atoms with E-state index in [1.54, 1.807) is 39.2 Å². The fourth-order valence-electron chi connectivity index (χ4n) is 1.59. The van der Waals surface area contributed by atoms with Crippen LogP contribution in [0.15, 0.2) is 18.2 Å². The predicted molar refractivity (Wildman–Crippen MR) is 72.8 cm³/mol. The lowest BCUT2D eigenvalue weighted by Crippen LogP contribution is -2.35. The number of ether oxygens (including phenoxy) is 1. The second-order valence-electron chi connectivity index (χ2n) is 4.46. The van der Waals surface area contributed by atoms with Crippen molar-refractivity contribution >= 4 is 17.5 Å². The van der Waals surface area contributed by atoms with Crippen LogP contribution in [-0.2, 0) is 4.79 Å². The highest BCUT2D eigenvalue weighted by Crippen LogP contribution is 2.28. The topological polar surface area (TPSA) is 55.6 Å². The molecule has 2 atom stereocenters. The van der Waals surface area contributed by atoms with Crippen molar-refractivity contribution < 1.29 is 9.53 Å². The number of benzene rings is 1. The van der Waals surface area contributed by atoms with Crippen LogP contribution in [0.5, 0.6) is 5.75 Å². The Morgan fingerprint density at radius 2 is 2.00 bits per heavy atom. The minimum atomic E-state index is -0.557. The number of nitrogens with zero attached hydrogens (tertiary/aromatic N) is 1. The molecular weight excluding hydrogens is 252 g/mol. The smallest absolute Gasteiger partial charge is 0.262 e. The molecule has 1 amide bonds. The van der Waals surface area contributed by atoms with Crippen molar-refractivity contribution in [3.05, 3.63) is 28.8 Å². The Labute approximate surface area is 113 Å². The van der Waals surface area contributed by atoms with Gasteiger partial charge in [-0.3, -0.25) is 4.79 Å². The zero-order valence-electron chi connectivity index (χ0n) is 11.1. The van der Waals surface area contributed by atoms with Crippen LogP contribution in [0.4, 0.5) is 0 Å². The summed E-state index contributed by atoms with van der Waals surface area (Å²) in [5.74, 6) is 0.498. The first-order valence-electron chi connectivity index (χ1n) is 5.75. The highest BCUT2D eigenvalue weighted by molar-refractivity contribution is 6.30. The summed E-state index contributed by atoms with van der Waals surface area (Å²) in [6.45, 7) is 3.55. The van der Waals surface area contributed by atoms with E-state index in [0.717, 1.165) is 5.56 Å². The molecule has 2 N–H and O–H groups in total. The monoisotopic (exact) mass is 270 g/mol. The van der Waals surface area contributed by atoms with Gasteiger partial charge in [-0.15, -0.1) is 0 Å². The maximum atomic E-state index is 11.7. The van der Waals surface area contributed by atoms with Crippen molar-refractivity contribution in [1.82, 2.24) is 4.90 Å². The van der Waals surface area contributed by atoms with E-state index in [1.807, 2.05) is 6.92 Å². The van der Waals surface area contributed by atoms with Crippen LogP contribution in [0.2, 0.25) is 5.02 Å². The van der Waals surface area contributed by atoms with E-state index in [-0.39, 0.29) is 11.9 Å². The van der Waals surface area contributed by atoms with Crippen molar-refractivity contribution in [2.45, 2.75) is 26.0 Å². The van der Waals surface area contributed by atoms with Gasteiger partial charge in [-0.2, -0.15) is 0 Å². The Balaban J connectivity index is 2.94. The first kappa shape index (κ1) is 14.8. The van der Waals surface area contributed by atoms with Gasteiger partial charge in [0, 0.05) is 30.7 Å². The predicted octanol–water partition coefficient (Wildman–Crippen LogP) is 2.22. The Hall–Kier alpha value is -1.26. The second kappa shape index (κ2) is 6.07. The normalized spacial score (nSPS) is 13.9. The van der Waals surface area contributed by atoms with Crippen LogP contribution in [0.1, 0.15) is 25.5 Å². The van der Waals surface area contributed by atoms with Gasteiger partial charge >= 0.3 is 0 Å². The third kappa shape index (κ3) is 3.62. The average Bonchev–Trinajstić information content (AvgIpc) is 2.29. The van der Waals surface area contributed by atoms with Crippen LogP contribution in [0, 0.1) is 0 Å². The van der Waals surface area contributed by atoms with E-state index in [4.69, 9.17) is 22.1 Å². The Bertz CT molecular complexity index is 433. The summed E-state index contributed by atoms with van der Waals surface area (Å²) < 4.78 is 5.66. The van der Waals surface area contributed by atoms with Gasteiger partial charge < -0.3 is 15.4 Å². The Morgan fingerprint density at radius 3 is 2.50 bits per heavy atom. The maximum Gasteiger partial charge on any atom is 0.262 e. The third-order valence-corrected chi connectivity index (χ3v) is 2.79. The number of carbonyl (C=O) groups excluding carboxylic acids is 1. The van der Waals surface area contributed by atoms with Gasteiger partial charge in [0.15, 0.2) is 6.10 Å². The molecule has 0 aliphatic rings. The van der Waals surface area contributed by atoms with Crippen molar-refractivity contribution in [2.24, 2.45) is 5.73 Å². The van der Waals surface area contributed by atoms with Gasteiger partial charge in [0.2, 0.25) is 0 Å². The Morgan fingerprint density at radius 1 is 1.39 bits per heavy atom. The van der Waals surface area contributed by atoms with Crippen molar-refractivity contribution in [3.63, 3.8) is 0 Å². The van der Waals surface area contributed by atoms with E-state index in [1.165, 1.54) is 4.90 Å². The van der Waals surface area contributed by atoms with Crippen LogP contribution in [-0.4, -0.2) is 31.0 Å². The van der Waals surface area contributed by atoms with Gasteiger partial charge in [0.25, 0.3) is 5.91 Å². The number of nitrogens with two attached hydrogens (primary N) is 1. The summed E-state index contributed by atoms with van der Waals surface area (Å²) in [6, 6.07) is 5.00. The molecule has 1 unspecified atom stereocenters. The maximum absolute atomic E-state index is 11.7. The molecule has 1 aromatic carbocycles. The SMILES string of the molecule is CC(Oc1ccc(Cl)cc1[C@@H](C)N)C(=O)N(C)C. The number of halogens is 1. The first-order valence-corrected chi connectivity index (χ1v) is 6.13. The van der Waals surface area contributed by atoms with E-state index < -0.39 is 6.10 Å². The van der Waals surface area contributed by atoms with Crippen LogP contribution in [0.3, 0.4) is 0 Å². The quantitative estimate of drug-likeness (QED) is 0.913. The van der Waals surface area contributed by atoms with Gasteiger partial charge in [-0.1, -0.05) is 11.6 Å². The molecule has 0 radical (unpaired) electrons. The molecule has 0 saturated heterocycles. The zero-order chi connectivity index (χ0) is 13.9. The molecule has 18 heavy (non-hydrogen) atoms. The molecule has 4 nitrogen and oxygen atoms in total. The summed E-state index contributed by atoms with van der Waals surface area (Å²) in [5.41, 5.74) is 6.65. The minimum absolute atomic E-state index is 0.0967. The average molecular weight is 271 g/mol. The molecule has 100 valence electrons. The lowest BCUT2D eigenvalue weighted by atomic mass is 10.1. The molecule has 0 aliphatic heterocycles. The standard InChI is InChI=1S/C13H19ClN2O2/c1-8(15)11-7-10(14)5-6-12(11)18-9(2)13(17)16(3)4/h5-9H,15H2,1-4H3/t8-,9?/m1/s1. The molecule has 0 bridgehead atoms. The lowest BCUT2D eigenvalue weighted by molar-refractivity contribution is -0.135. The molecule has 1 aromatic rings. The molecular formula is C13H19ClN2O2. The summed E-state index contributed by atoms with van der Waals surface area (Å²) in [4.78, 5) is 13.2. The van der Waals surface area contributed by atoms with Crippen molar-refractivity contribution in [1.29, 1.82) is 0 Å².